The first-order chi connectivity index (χ1) is 11.7. The minimum atomic E-state index is 0. The Balaban J connectivity index is 0.00000312. The van der Waals surface area contributed by atoms with Gasteiger partial charge in [-0.25, -0.2) is 0 Å². The Morgan fingerprint density at radius 2 is 1.92 bits per heavy atom. The second kappa shape index (κ2) is 11.4. The van der Waals surface area contributed by atoms with E-state index in [0.29, 0.717) is 25.0 Å². The number of aliphatic imine (C=N–C) groups is 1. The number of halogens is 2. The van der Waals surface area contributed by atoms with E-state index in [4.69, 9.17) is 16.1 Å². The molecule has 0 amide bonds. The molecule has 1 aromatic carbocycles. The molecular weight excluding hydrogens is 451 g/mol. The van der Waals surface area contributed by atoms with Crippen LogP contribution in [0, 0.1) is 0 Å². The SMILES string of the molecule is CCC(CC)c1cc(CNC(=NC)NCc2cccc(Cl)c2)on1.I. The first kappa shape index (κ1) is 21.8. The van der Waals surface area contributed by atoms with Gasteiger partial charge >= 0.3 is 0 Å². The molecule has 1 aromatic heterocycles. The van der Waals surface area contributed by atoms with Gasteiger partial charge < -0.3 is 15.2 Å². The molecule has 0 atom stereocenters. The maximum Gasteiger partial charge on any atom is 0.191 e. The first-order valence-electron chi connectivity index (χ1n) is 8.30. The summed E-state index contributed by atoms with van der Waals surface area (Å²) in [7, 11) is 1.74. The number of aromatic nitrogens is 1. The van der Waals surface area contributed by atoms with E-state index in [1.54, 1.807) is 7.05 Å². The Morgan fingerprint density at radius 3 is 2.56 bits per heavy atom. The van der Waals surface area contributed by atoms with Crippen LogP contribution in [0.1, 0.15) is 49.6 Å². The van der Waals surface area contributed by atoms with Crippen molar-refractivity contribution >= 4 is 41.5 Å². The number of nitrogens with zero attached hydrogens (tertiary/aromatic N) is 2. The van der Waals surface area contributed by atoms with Crippen molar-refractivity contribution in [3.8, 4) is 0 Å². The summed E-state index contributed by atoms with van der Waals surface area (Å²) in [4.78, 5) is 4.21. The number of hydrogen-bond acceptors (Lipinski definition) is 3. The molecule has 2 aromatic rings. The Labute approximate surface area is 171 Å². The van der Waals surface area contributed by atoms with Crippen molar-refractivity contribution in [1.82, 2.24) is 15.8 Å². The van der Waals surface area contributed by atoms with E-state index in [2.05, 4.69) is 34.6 Å². The predicted octanol–water partition coefficient (Wildman–Crippen LogP) is 4.71. The Kier molecular flexibility index (Phi) is 9.89. The van der Waals surface area contributed by atoms with Crippen LogP contribution in [0.25, 0.3) is 0 Å². The van der Waals surface area contributed by atoms with Crippen LogP contribution in [0.3, 0.4) is 0 Å². The van der Waals surface area contributed by atoms with Gasteiger partial charge in [0.05, 0.1) is 12.2 Å². The van der Waals surface area contributed by atoms with Crippen LogP contribution in [-0.2, 0) is 13.1 Å². The normalized spacial score (nSPS) is 11.3. The molecular formula is C18H26ClIN4O. The minimum Gasteiger partial charge on any atom is -0.359 e. The zero-order valence-electron chi connectivity index (χ0n) is 14.9. The average molecular weight is 477 g/mol. The molecule has 0 saturated heterocycles. The summed E-state index contributed by atoms with van der Waals surface area (Å²) in [5.41, 5.74) is 2.12. The highest BCUT2D eigenvalue weighted by atomic mass is 127. The van der Waals surface area contributed by atoms with E-state index in [-0.39, 0.29) is 24.0 Å². The largest absolute Gasteiger partial charge is 0.359 e. The van der Waals surface area contributed by atoms with Gasteiger partial charge in [-0.2, -0.15) is 0 Å². The predicted molar refractivity (Wildman–Crippen MR) is 114 cm³/mol. The zero-order valence-corrected chi connectivity index (χ0v) is 18.0. The van der Waals surface area contributed by atoms with Crippen LogP contribution < -0.4 is 10.6 Å². The van der Waals surface area contributed by atoms with Gasteiger partial charge in [0.25, 0.3) is 0 Å². The third kappa shape index (κ3) is 6.86. The fourth-order valence-electron chi connectivity index (χ4n) is 2.54. The fraction of sp³-hybridized carbons (Fsp3) is 0.444. The first-order valence-corrected chi connectivity index (χ1v) is 8.68. The van der Waals surface area contributed by atoms with Gasteiger partial charge in [0, 0.05) is 30.6 Å². The number of rotatable bonds is 7. The monoisotopic (exact) mass is 476 g/mol. The molecule has 7 heteroatoms. The Bertz CT molecular complexity index is 671. The van der Waals surface area contributed by atoms with Crippen LogP contribution in [0.15, 0.2) is 39.8 Å². The minimum absolute atomic E-state index is 0. The molecule has 0 aliphatic heterocycles. The number of hydrogen-bond donors (Lipinski definition) is 2. The molecule has 0 fully saturated rings. The maximum atomic E-state index is 5.99. The molecule has 2 rings (SSSR count). The third-order valence-electron chi connectivity index (χ3n) is 3.98. The van der Waals surface area contributed by atoms with Crippen molar-refractivity contribution in [2.24, 2.45) is 4.99 Å². The van der Waals surface area contributed by atoms with Crippen molar-refractivity contribution in [3.05, 3.63) is 52.4 Å². The summed E-state index contributed by atoms with van der Waals surface area (Å²) in [6, 6.07) is 9.77. The van der Waals surface area contributed by atoms with Gasteiger partial charge in [0.2, 0.25) is 0 Å². The van der Waals surface area contributed by atoms with E-state index in [0.717, 1.165) is 34.9 Å². The molecule has 2 N–H and O–H groups in total. The molecule has 0 aliphatic carbocycles. The van der Waals surface area contributed by atoms with Crippen LogP contribution in [0.2, 0.25) is 5.02 Å². The van der Waals surface area contributed by atoms with Gasteiger partial charge in [-0.1, -0.05) is 42.7 Å². The Hall–Kier alpha value is -1.28. The van der Waals surface area contributed by atoms with Crippen LogP contribution in [0.5, 0.6) is 0 Å². The summed E-state index contributed by atoms with van der Waals surface area (Å²) >= 11 is 5.99. The van der Waals surface area contributed by atoms with Gasteiger partial charge in [0.15, 0.2) is 11.7 Å². The van der Waals surface area contributed by atoms with Crippen LogP contribution in [0.4, 0.5) is 0 Å². The second-order valence-corrected chi connectivity index (χ2v) is 6.08. The highest BCUT2D eigenvalue weighted by Gasteiger charge is 2.13. The van der Waals surface area contributed by atoms with Gasteiger partial charge in [-0.3, -0.25) is 4.99 Å². The topological polar surface area (TPSA) is 62.5 Å². The van der Waals surface area contributed by atoms with Crippen molar-refractivity contribution in [3.63, 3.8) is 0 Å². The van der Waals surface area contributed by atoms with Crippen LogP contribution in [-0.4, -0.2) is 18.2 Å². The molecule has 0 unspecified atom stereocenters. The number of benzene rings is 1. The summed E-state index contributed by atoms with van der Waals surface area (Å²) in [5.74, 6) is 1.97. The fourth-order valence-corrected chi connectivity index (χ4v) is 2.75. The highest BCUT2D eigenvalue weighted by molar-refractivity contribution is 14.0. The summed E-state index contributed by atoms with van der Waals surface area (Å²) in [6.07, 6.45) is 2.14. The number of nitrogens with one attached hydrogen (secondary N) is 2. The molecule has 25 heavy (non-hydrogen) atoms. The lowest BCUT2D eigenvalue weighted by atomic mass is 9.99. The molecule has 0 radical (unpaired) electrons. The van der Waals surface area contributed by atoms with E-state index < -0.39 is 0 Å². The van der Waals surface area contributed by atoms with E-state index >= 15 is 0 Å². The second-order valence-electron chi connectivity index (χ2n) is 5.64. The van der Waals surface area contributed by atoms with E-state index in [1.807, 2.05) is 30.3 Å². The summed E-state index contributed by atoms with van der Waals surface area (Å²) in [6.45, 7) is 5.53. The molecule has 5 nitrogen and oxygen atoms in total. The maximum absolute atomic E-state index is 5.99. The Morgan fingerprint density at radius 1 is 1.20 bits per heavy atom. The highest BCUT2D eigenvalue weighted by Crippen LogP contribution is 2.22. The zero-order chi connectivity index (χ0) is 17.4. The van der Waals surface area contributed by atoms with Gasteiger partial charge in [-0.05, 0) is 30.5 Å². The lowest BCUT2D eigenvalue weighted by molar-refractivity contribution is 0.368. The van der Waals surface area contributed by atoms with Crippen molar-refractivity contribution in [2.75, 3.05) is 7.05 Å². The lowest BCUT2D eigenvalue weighted by Crippen LogP contribution is -2.36. The molecule has 0 saturated carbocycles. The standard InChI is InChI=1S/C18H25ClN4O.HI/c1-4-14(5-2)17-10-16(24-23-17)12-22-18(20-3)21-11-13-7-6-8-15(19)9-13;/h6-10,14H,4-5,11-12H2,1-3H3,(H2,20,21,22);1H. The molecule has 0 bridgehead atoms. The summed E-state index contributed by atoms with van der Waals surface area (Å²) < 4.78 is 5.41. The number of guanidine groups is 1. The summed E-state index contributed by atoms with van der Waals surface area (Å²) in [5, 5.41) is 11.4. The van der Waals surface area contributed by atoms with Crippen LogP contribution >= 0.6 is 35.6 Å². The van der Waals surface area contributed by atoms with Crippen molar-refractivity contribution in [2.45, 2.75) is 45.7 Å². The van der Waals surface area contributed by atoms with Gasteiger partial charge in [-0.15, -0.1) is 24.0 Å². The van der Waals surface area contributed by atoms with Crippen molar-refractivity contribution < 1.29 is 4.52 Å². The van der Waals surface area contributed by atoms with E-state index in [9.17, 15) is 0 Å². The quantitative estimate of drug-likeness (QED) is 0.345. The molecule has 1 heterocycles. The molecule has 138 valence electrons. The molecule has 0 spiro atoms. The van der Waals surface area contributed by atoms with E-state index in [1.165, 1.54) is 0 Å². The average Bonchev–Trinajstić information content (AvgIpc) is 3.05. The molecule has 0 aliphatic rings. The van der Waals surface area contributed by atoms with Crippen molar-refractivity contribution in [1.29, 1.82) is 0 Å². The lowest BCUT2D eigenvalue weighted by Gasteiger charge is -2.11. The van der Waals surface area contributed by atoms with Gasteiger partial charge in [0.1, 0.15) is 0 Å². The smallest absolute Gasteiger partial charge is 0.191 e. The third-order valence-corrected chi connectivity index (χ3v) is 4.22.